The standard InChI is InChI=1S/C19H25N3O4S/c1-13-11-17(26-4)12-14(2)19(13)27(24,25)22(3)10-9-18(23)21-16-7-5-15(20)6-8-16/h5-8,11-12H,9-10,20H2,1-4H3,(H,21,23). The second-order valence-corrected chi connectivity index (χ2v) is 8.32. The van der Waals surface area contributed by atoms with Crippen LogP contribution in [0.25, 0.3) is 0 Å². The van der Waals surface area contributed by atoms with Crippen molar-refractivity contribution in [1.82, 2.24) is 4.31 Å². The predicted octanol–water partition coefficient (Wildman–Crippen LogP) is 2.54. The normalized spacial score (nSPS) is 11.4. The highest BCUT2D eigenvalue weighted by Crippen LogP contribution is 2.27. The first-order chi connectivity index (χ1) is 12.6. The molecule has 7 nitrogen and oxygen atoms in total. The second kappa shape index (κ2) is 8.41. The summed E-state index contributed by atoms with van der Waals surface area (Å²) < 4.78 is 32.2. The van der Waals surface area contributed by atoms with Crippen molar-refractivity contribution in [2.24, 2.45) is 0 Å². The molecule has 0 fully saturated rings. The SMILES string of the molecule is COc1cc(C)c(S(=O)(=O)N(C)CCC(=O)Nc2ccc(N)cc2)c(C)c1. The number of benzene rings is 2. The molecule has 0 saturated carbocycles. The van der Waals surface area contributed by atoms with Crippen LogP contribution in [0, 0.1) is 13.8 Å². The van der Waals surface area contributed by atoms with E-state index in [4.69, 9.17) is 10.5 Å². The third-order valence-electron chi connectivity index (χ3n) is 4.19. The molecule has 2 aromatic rings. The number of methoxy groups -OCH3 is 1. The first kappa shape index (κ1) is 20.7. The Hall–Kier alpha value is -2.58. The van der Waals surface area contributed by atoms with Crippen LogP contribution in [0.1, 0.15) is 17.5 Å². The smallest absolute Gasteiger partial charge is 0.243 e. The van der Waals surface area contributed by atoms with Crippen LogP contribution in [0.2, 0.25) is 0 Å². The number of aryl methyl sites for hydroxylation is 2. The molecule has 0 aliphatic carbocycles. The third-order valence-corrected chi connectivity index (χ3v) is 6.35. The Labute approximate surface area is 160 Å². The van der Waals surface area contributed by atoms with Crippen LogP contribution in [0.15, 0.2) is 41.3 Å². The number of carbonyl (C=O) groups is 1. The Balaban J connectivity index is 2.07. The lowest BCUT2D eigenvalue weighted by Gasteiger charge is -2.20. The van der Waals surface area contributed by atoms with Gasteiger partial charge < -0.3 is 15.8 Å². The highest BCUT2D eigenvalue weighted by Gasteiger charge is 2.25. The number of hydrogen-bond acceptors (Lipinski definition) is 5. The zero-order valence-electron chi connectivity index (χ0n) is 15.9. The predicted molar refractivity (Wildman–Crippen MR) is 106 cm³/mol. The molecule has 3 N–H and O–H groups in total. The van der Waals surface area contributed by atoms with Crippen LogP contribution < -0.4 is 15.8 Å². The number of rotatable bonds is 7. The van der Waals surface area contributed by atoms with E-state index in [1.807, 2.05) is 0 Å². The summed E-state index contributed by atoms with van der Waals surface area (Å²) in [5, 5.41) is 2.72. The van der Waals surface area contributed by atoms with E-state index >= 15 is 0 Å². The van der Waals surface area contributed by atoms with Gasteiger partial charge >= 0.3 is 0 Å². The molecule has 2 aromatic carbocycles. The number of nitrogen functional groups attached to an aromatic ring is 1. The van der Waals surface area contributed by atoms with Crippen molar-refractivity contribution in [3.8, 4) is 5.75 Å². The van der Waals surface area contributed by atoms with Crippen LogP contribution in [0.3, 0.4) is 0 Å². The van der Waals surface area contributed by atoms with Gasteiger partial charge in [0.25, 0.3) is 0 Å². The van der Waals surface area contributed by atoms with Crippen molar-refractivity contribution in [1.29, 1.82) is 0 Å². The molecule has 0 atom stereocenters. The van der Waals surface area contributed by atoms with Gasteiger partial charge in [-0.15, -0.1) is 0 Å². The fraction of sp³-hybridized carbons (Fsp3) is 0.316. The maximum absolute atomic E-state index is 12.9. The zero-order valence-corrected chi connectivity index (χ0v) is 16.8. The largest absolute Gasteiger partial charge is 0.497 e. The average Bonchev–Trinajstić information content (AvgIpc) is 2.60. The summed E-state index contributed by atoms with van der Waals surface area (Å²) in [5.74, 6) is 0.333. The van der Waals surface area contributed by atoms with Crippen LogP contribution in [-0.2, 0) is 14.8 Å². The summed E-state index contributed by atoms with van der Waals surface area (Å²) in [6.07, 6.45) is 0.0361. The lowest BCUT2D eigenvalue weighted by molar-refractivity contribution is -0.116. The van der Waals surface area contributed by atoms with E-state index in [1.165, 1.54) is 18.5 Å². The molecule has 0 radical (unpaired) electrons. The molecule has 1 amide bonds. The molecular weight excluding hydrogens is 366 g/mol. The van der Waals surface area contributed by atoms with Crippen molar-refractivity contribution in [2.45, 2.75) is 25.2 Å². The number of ether oxygens (including phenoxy) is 1. The molecule has 0 aliphatic rings. The van der Waals surface area contributed by atoms with E-state index in [1.54, 1.807) is 50.2 Å². The molecule has 146 valence electrons. The summed E-state index contributed by atoms with van der Waals surface area (Å²) in [6.45, 7) is 3.52. The molecule has 0 unspecified atom stereocenters. The van der Waals surface area contributed by atoms with Crippen LogP contribution in [-0.4, -0.2) is 39.3 Å². The quantitative estimate of drug-likeness (QED) is 0.706. The number of hydrogen-bond donors (Lipinski definition) is 2. The van der Waals surface area contributed by atoms with Gasteiger partial charge in [-0.05, 0) is 61.4 Å². The summed E-state index contributed by atoms with van der Waals surface area (Å²) >= 11 is 0. The molecule has 0 aliphatic heterocycles. The van der Waals surface area contributed by atoms with Gasteiger partial charge in [-0.1, -0.05) is 0 Å². The lowest BCUT2D eigenvalue weighted by Crippen LogP contribution is -2.31. The maximum Gasteiger partial charge on any atom is 0.243 e. The molecule has 2 rings (SSSR count). The molecule has 27 heavy (non-hydrogen) atoms. The van der Waals surface area contributed by atoms with E-state index in [0.717, 1.165) is 0 Å². The van der Waals surface area contributed by atoms with Gasteiger partial charge in [0.05, 0.1) is 12.0 Å². The monoisotopic (exact) mass is 391 g/mol. The van der Waals surface area contributed by atoms with Gasteiger partial charge in [0, 0.05) is 31.4 Å². The minimum atomic E-state index is -3.72. The molecule has 8 heteroatoms. The van der Waals surface area contributed by atoms with Gasteiger partial charge in [-0.25, -0.2) is 12.7 Å². The fourth-order valence-corrected chi connectivity index (χ4v) is 4.34. The molecular formula is C19H25N3O4S. The lowest BCUT2D eigenvalue weighted by atomic mass is 10.1. The van der Waals surface area contributed by atoms with Crippen molar-refractivity contribution in [2.75, 3.05) is 31.8 Å². The first-order valence-corrected chi connectivity index (χ1v) is 9.86. The second-order valence-electron chi connectivity index (χ2n) is 6.34. The van der Waals surface area contributed by atoms with Gasteiger partial charge in [-0.3, -0.25) is 4.79 Å². The molecule has 0 saturated heterocycles. The third kappa shape index (κ3) is 4.99. The number of anilines is 2. The van der Waals surface area contributed by atoms with Crippen LogP contribution in [0.5, 0.6) is 5.75 Å². The van der Waals surface area contributed by atoms with Gasteiger partial charge in [0.1, 0.15) is 5.75 Å². The maximum atomic E-state index is 12.9. The van der Waals surface area contributed by atoms with Crippen LogP contribution in [0.4, 0.5) is 11.4 Å². The topological polar surface area (TPSA) is 102 Å². The summed E-state index contributed by atoms with van der Waals surface area (Å²) in [4.78, 5) is 12.3. The van der Waals surface area contributed by atoms with E-state index < -0.39 is 10.0 Å². The molecule has 0 heterocycles. The molecule has 0 aromatic heterocycles. The van der Waals surface area contributed by atoms with Crippen LogP contribution >= 0.6 is 0 Å². The van der Waals surface area contributed by atoms with Gasteiger partial charge in [-0.2, -0.15) is 0 Å². The van der Waals surface area contributed by atoms with Crippen molar-refractivity contribution in [3.63, 3.8) is 0 Å². The summed E-state index contributed by atoms with van der Waals surface area (Å²) in [5.41, 5.74) is 8.02. The summed E-state index contributed by atoms with van der Waals surface area (Å²) in [6, 6.07) is 10.1. The Morgan fingerprint density at radius 3 is 2.22 bits per heavy atom. The minimum absolute atomic E-state index is 0.0361. The Bertz CT molecular complexity index is 901. The number of carbonyl (C=O) groups excluding carboxylic acids is 1. The average molecular weight is 391 g/mol. The Kier molecular flexibility index (Phi) is 6.45. The van der Waals surface area contributed by atoms with Crippen molar-refractivity contribution in [3.05, 3.63) is 47.5 Å². The fourth-order valence-electron chi connectivity index (χ4n) is 2.76. The molecule has 0 bridgehead atoms. The highest BCUT2D eigenvalue weighted by atomic mass is 32.2. The van der Waals surface area contributed by atoms with E-state index in [2.05, 4.69) is 5.32 Å². The van der Waals surface area contributed by atoms with Gasteiger partial charge in [0.15, 0.2) is 0 Å². The minimum Gasteiger partial charge on any atom is -0.497 e. The Morgan fingerprint density at radius 1 is 1.15 bits per heavy atom. The number of nitrogens with zero attached hydrogens (tertiary/aromatic N) is 1. The van der Waals surface area contributed by atoms with E-state index in [0.29, 0.717) is 28.3 Å². The first-order valence-electron chi connectivity index (χ1n) is 8.42. The zero-order chi connectivity index (χ0) is 20.2. The van der Waals surface area contributed by atoms with Gasteiger partial charge in [0.2, 0.25) is 15.9 Å². The Morgan fingerprint density at radius 2 is 1.70 bits per heavy atom. The number of sulfonamides is 1. The number of nitrogens with two attached hydrogens (primary N) is 1. The van der Waals surface area contributed by atoms with E-state index in [-0.39, 0.29) is 23.8 Å². The summed E-state index contributed by atoms with van der Waals surface area (Å²) in [7, 11) is -0.715. The number of amides is 1. The number of nitrogens with one attached hydrogen (secondary N) is 1. The van der Waals surface area contributed by atoms with Crippen molar-refractivity contribution < 1.29 is 17.9 Å². The van der Waals surface area contributed by atoms with E-state index in [9.17, 15) is 13.2 Å². The highest BCUT2D eigenvalue weighted by molar-refractivity contribution is 7.89. The molecule has 0 spiro atoms. The van der Waals surface area contributed by atoms with Crippen molar-refractivity contribution >= 4 is 27.3 Å².